The Balaban J connectivity index is 1.48. The highest BCUT2D eigenvalue weighted by molar-refractivity contribution is 5.96. The predicted octanol–water partition coefficient (Wildman–Crippen LogP) is 4.29. The molecule has 0 N–H and O–H groups in total. The lowest BCUT2D eigenvalue weighted by atomic mass is 9.97. The first-order valence-corrected chi connectivity index (χ1v) is 12.1. The van der Waals surface area contributed by atoms with Crippen LogP contribution in [0.4, 0.5) is 4.39 Å². The van der Waals surface area contributed by atoms with Crippen molar-refractivity contribution in [3.05, 3.63) is 59.8 Å². The molecule has 1 saturated heterocycles. The first-order chi connectivity index (χ1) is 16.5. The van der Waals surface area contributed by atoms with E-state index in [0.717, 1.165) is 57.3 Å². The van der Waals surface area contributed by atoms with E-state index >= 15 is 0 Å². The molecule has 2 aromatic heterocycles. The molecule has 1 saturated carbocycles. The Hall–Kier alpha value is -3.13. The van der Waals surface area contributed by atoms with Crippen molar-refractivity contribution in [1.82, 2.24) is 29.5 Å². The summed E-state index contributed by atoms with van der Waals surface area (Å²) in [5, 5.41) is 4.56. The number of carbonyl (C=O) groups is 1. The number of carbonyl (C=O) groups excluding carboxylic acids is 1. The van der Waals surface area contributed by atoms with E-state index < -0.39 is 0 Å². The highest BCUT2D eigenvalue weighted by Crippen LogP contribution is 2.43. The first-order valence-electron chi connectivity index (χ1n) is 12.1. The Bertz CT molecular complexity index is 1170. The van der Waals surface area contributed by atoms with E-state index in [4.69, 9.17) is 0 Å². The summed E-state index contributed by atoms with van der Waals surface area (Å²) in [6.45, 7) is 1.74. The van der Waals surface area contributed by atoms with E-state index in [1.807, 2.05) is 0 Å². The summed E-state index contributed by atoms with van der Waals surface area (Å²) in [7, 11) is 4.14. The van der Waals surface area contributed by atoms with Crippen molar-refractivity contribution in [2.24, 2.45) is 0 Å². The van der Waals surface area contributed by atoms with Crippen molar-refractivity contribution in [3.8, 4) is 17.2 Å². The number of piperidine rings is 1. The van der Waals surface area contributed by atoms with Crippen molar-refractivity contribution in [2.45, 2.75) is 50.5 Å². The minimum atomic E-state index is -0.334. The van der Waals surface area contributed by atoms with Crippen LogP contribution < -0.4 is 0 Å². The van der Waals surface area contributed by atoms with E-state index in [-0.39, 0.29) is 23.7 Å². The number of halogens is 1. The summed E-state index contributed by atoms with van der Waals surface area (Å²) in [6.07, 6.45) is 9.53. The van der Waals surface area contributed by atoms with Crippen LogP contribution in [0.1, 0.15) is 60.5 Å². The summed E-state index contributed by atoms with van der Waals surface area (Å²) in [5.74, 6) is 0.360. The normalized spacial score (nSPS) is 18.5. The maximum Gasteiger partial charge on any atom is 0.257 e. The minimum absolute atomic E-state index is 0.0573. The molecule has 1 aromatic carbocycles. The van der Waals surface area contributed by atoms with Gasteiger partial charge in [-0.05, 0) is 77.4 Å². The van der Waals surface area contributed by atoms with Gasteiger partial charge in [-0.1, -0.05) is 12.1 Å². The van der Waals surface area contributed by atoms with E-state index in [0.29, 0.717) is 22.8 Å². The SMILES string of the molecule is CN(C)CCC1CCCCN1C(=O)c1cnn(-c2nccc(-c3ccccc3F)n2)c1C1CC1. The molecule has 0 bridgehead atoms. The lowest BCUT2D eigenvalue weighted by molar-refractivity contribution is 0.0590. The highest BCUT2D eigenvalue weighted by Gasteiger charge is 2.36. The van der Waals surface area contributed by atoms with Crippen LogP contribution in [0.5, 0.6) is 0 Å². The number of hydrogen-bond donors (Lipinski definition) is 0. The summed E-state index contributed by atoms with van der Waals surface area (Å²) in [6, 6.07) is 8.50. The molecule has 0 spiro atoms. The lowest BCUT2D eigenvalue weighted by Gasteiger charge is -2.36. The van der Waals surface area contributed by atoms with Crippen molar-refractivity contribution in [1.29, 1.82) is 0 Å². The van der Waals surface area contributed by atoms with Gasteiger partial charge in [0.25, 0.3) is 11.9 Å². The average molecular weight is 463 g/mol. The monoisotopic (exact) mass is 462 g/mol. The number of likely N-dealkylation sites (tertiary alicyclic amines) is 1. The largest absolute Gasteiger partial charge is 0.336 e. The third kappa shape index (κ3) is 4.59. The summed E-state index contributed by atoms with van der Waals surface area (Å²) in [4.78, 5) is 27.0. The first kappa shape index (κ1) is 22.7. The fourth-order valence-corrected chi connectivity index (χ4v) is 4.83. The molecule has 3 heterocycles. The standard InChI is InChI=1S/C26H31FN6O/c1-31(2)16-13-19-7-5-6-15-32(19)25(34)21-17-29-33(24(21)18-10-11-18)26-28-14-12-23(30-26)20-8-3-4-9-22(20)27/h3-4,8-9,12,14,17-19H,5-7,10-11,13,15-16H2,1-2H3. The third-order valence-corrected chi connectivity index (χ3v) is 6.78. The van der Waals surface area contributed by atoms with E-state index in [1.54, 1.807) is 41.3 Å². The molecule has 1 aliphatic heterocycles. The van der Waals surface area contributed by atoms with Crippen LogP contribution in [-0.4, -0.2) is 68.7 Å². The van der Waals surface area contributed by atoms with Crippen molar-refractivity contribution in [2.75, 3.05) is 27.2 Å². The van der Waals surface area contributed by atoms with Gasteiger partial charge in [-0.15, -0.1) is 0 Å². The second kappa shape index (κ2) is 9.62. The van der Waals surface area contributed by atoms with Crippen LogP contribution >= 0.6 is 0 Å². The predicted molar refractivity (Wildman–Crippen MR) is 128 cm³/mol. The number of rotatable bonds is 7. The molecule has 8 heteroatoms. The minimum Gasteiger partial charge on any atom is -0.336 e. The van der Waals surface area contributed by atoms with Gasteiger partial charge in [0.15, 0.2) is 0 Å². The van der Waals surface area contributed by atoms with Gasteiger partial charge >= 0.3 is 0 Å². The number of nitrogens with zero attached hydrogens (tertiary/aromatic N) is 6. The maximum absolute atomic E-state index is 14.4. The fourth-order valence-electron chi connectivity index (χ4n) is 4.83. The molecule has 7 nitrogen and oxygen atoms in total. The smallest absolute Gasteiger partial charge is 0.257 e. The number of aromatic nitrogens is 4. The zero-order chi connectivity index (χ0) is 23.7. The van der Waals surface area contributed by atoms with Crippen LogP contribution in [0.25, 0.3) is 17.2 Å². The van der Waals surface area contributed by atoms with Gasteiger partial charge in [-0.25, -0.2) is 19.0 Å². The number of hydrogen-bond acceptors (Lipinski definition) is 5. The van der Waals surface area contributed by atoms with E-state index in [1.165, 1.54) is 6.07 Å². The second-order valence-electron chi connectivity index (χ2n) is 9.59. The van der Waals surface area contributed by atoms with Gasteiger partial charge in [0.1, 0.15) is 5.82 Å². The van der Waals surface area contributed by atoms with Crippen molar-refractivity contribution < 1.29 is 9.18 Å². The topological polar surface area (TPSA) is 67.2 Å². The Kier molecular flexibility index (Phi) is 6.41. The van der Waals surface area contributed by atoms with Crippen molar-refractivity contribution in [3.63, 3.8) is 0 Å². The fraction of sp³-hybridized carbons (Fsp3) is 0.462. The second-order valence-corrected chi connectivity index (χ2v) is 9.59. The molecule has 178 valence electrons. The molecule has 1 aliphatic carbocycles. The molecule has 1 atom stereocenters. The molecule has 3 aromatic rings. The molecular weight excluding hydrogens is 431 g/mol. The van der Waals surface area contributed by atoms with E-state index in [2.05, 4.69) is 39.0 Å². The molecule has 0 radical (unpaired) electrons. The summed E-state index contributed by atoms with van der Waals surface area (Å²) >= 11 is 0. The molecule has 5 rings (SSSR count). The summed E-state index contributed by atoms with van der Waals surface area (Å²) in [5.41, 5.74) is 2.44. The molecular formula is C26H31FN6O. The number of benzene rings is 1. The lowest BCUT2D eigenvalue weighted by Crippen LogP contribution is -2.45. The molecule has 34 heavy (non-hydrogen) atoms. The number of amides is 1. The van der Waals surface area contributed by atoms with Gasteiger partial charge in [-0.3, -0.25) is 4.79 Å². The van der Waals surface area contributed by atoms with Gasteiger partial charge in [0.2, 0.25) is 0 Å². The molecule has 2 aliphatic rings. The molecule has 1 amide bonds. The van der Waals surface area contributed by atoms with Crippen LogP contribution in [0, 0.1) is 5.82 Å². The Morgan fingerprint density at radius 1 is 1.15 bits per heavy atom. The summed E-state index contributed by atoms with van der Waals surface area (Å²) < 4.78 is 16.0. The Morgan fingerprint density at radius 3 is 2.74 bits per heavy atom. The molecule has 1 unspecified atom stereocenters. The Labute approximate surface area is 199 Å². The Morgan fingerprint density at radius 2 is 1.97 bits per heavy atom. The zero-order valence-electron chi connectivity index (χ0n) is 19.8. The zero-order valence-corrected chi connectivity index (χ0v) is 19.8. The van der Waals surface area contributed by atoms with Gasteiger partial charge in [-0.2, -0.15) is 5.10 Å². The van der Waals surface area contributed by atoms with Crippen LogP contribution in [0.2, 0.25) is 0 Å². The van der Waals surface area contributed by atoms with E-state index in [9.17, 15) is 9.18 Å². The average Bonchev–Trinajstić information content (AvgIpc) is 3.60. The van der Waals surface area contributed by atoms with Crippen LogP contribution in [-0.2, 0) is 0 Å². The van der Waals surface area contributed by atoms with Crippen LogP contribution in [0.15, 0.2) is 42.7 Å². The highest BCUT2D eigenvalue weighted by atomic mass is 19.1. The van der Waals surface area contributed by atoms with Crippen molar-refractivity contribution >= 4 is 5.91 Å². The van der Waals surface area contributed by atoms with Crippen LogP contribution in [0.3, 0.4) is 0 Å². The maximum atomic E-state index is 14.4. The van der Waals surface area contributed by atoms with Gasteiger partial charge in [0, 0.05) is 30.3 Å². The quantitative estimate of drug-likeness (QED) is 0.524. The van der Waals surface area contributed by atoms with Gasteiger partial charge < -0.3 is 9.80 Å². The molecule has 2 fully saturated rings. The van der Waals surface area contributed by atoms with Gasteiger partial charge in [0.05, 0.1) is 23.1 Å². The third-order valence-electron chi connectivity index (χ3n) is 6.78.